The van der Waals surface area contributed by atoms with Crippen LogP contribution in [0.3, 0.4) is 0 Å². The van der Waals surface area contributed by atoms with Crippen molar-refractivity contribution in [1.82, 2.24) is 29.4 Å². The number of likely N-dealkylation sites (N-methyl/N-ethyl adjacent to an activating group) is 1. The van der Waals surface area contributed by atoms with Gasteiger partial charge in [0.15, 0.2) is 0 Å². The lowest BCUT2D eigenvalue weighted by Gasteiger charge is -2.43. The van der Waals surface area contributed by atoms with Gasteiger partial charge in [-0.2, -0.15) is 10.1 Å². The van der Waals surface area contributed by atoms with E-state index in [0.29, 0.717) is 28.0 Å². The SMILES string of the molecule is COc1cc(N2CCC(N3CCN(C)CC3)CC2)c(C)cc1Nc1ncc(Br)c(Nc2ccn3nccc3c2P(C)(C)=O)n1. The third-order valence-electron chi connectivity index (χ3n) is 8.71. The monoisotopic (exact) mass is 681 g/mol. The molecule has 0 unspecified atom stereocenters. The first kappa shape index (κ1) is 30.8. The summed E-state index contributed by atoms with van der Waals surface area (Å²) < 4.78 is 21.6. The summed E-state index contributed by atoms with van der Waals surface area (Å²) in [4.78, 5) is 16.9. The Hall–Kier alpha value is -3.18. The number of hydrogen-bond acceptors (Lipinski definition) is 10. The number of nitrogens with zero attached hydrogens (tertiary/aromatic N) is 7. The molecule has 234 valence electrons. The van der Waals surface area contributed by atoms with Crippen molar-refractivity contribution in [3.05, 3.63) is 52.9 Å². The van der Waals surface area contributed by atoms with Crippen molar-refractivity contribution in [2.24, 2.45) is 0 Å². The van der Waals surface area contributed by atoms with Gasteiger partial charge in [-0.05, 0) is 79.8 Å². The summed E-state index contributed by atoms with van der Waals surface area (Å²) >= 11 is 3.58. The van der Waals surface area contributed by atoms with Crippen LogP contribution in [0.1, 0.15) is 18.4 Å². The van der Waals surface area contributed by atoms with Gasteiger partial charge in [0, 0.05) is 69.5 Å². The Balaban J connectivity index is 1.20. The fourth-order valence-corrected chi connectivity index (χ4v) is 8.09. The number of aromatic nitrogens is 4. The summed E-state index contributed by atoms with van der Waals surface area (Å²) in [5, 5.41) is 11.8. The Morgan fingerprint density at radius 3 is 2.48 bits per heavy atom. The lowest BCUT2D eigenvalue weighted by atomic mass is 10.0. The van der Waals surface area contributed by atoms with Gasteiger partial charge < -0.3 is 29.7 Å². The number of methoxy groups -OCH3 is 1. The summed E-state index contributed by atoms with van der Waals surface area (Å²) in [5.74, 6) is 1.70. The Kier molecular flexibility index (Phi) is 8.88. The molecule has 6 rings (SSSR count). The second-order valence-corrected chi connectivity index (χ2v) is 16.1. The van der Waals surface area contributed by atoms with Gasteiger partial charge >= 0.3 is 0 Å². The van der Waals surface area contributed by atoms with Crippen molar-refractivity contribution in [3.8, 4) is 5.75 Å². The molecule has 2 saturated heterocycles. The molecule has 0 atom stereocenters. The molecule has 3 aromatic heterocycles. The number of aryl methyl sites for hydroxylation is 1. The molecule has 2 aliphatic heterocycles. The van der Waals surface area contributed by atoms with Crippen molar-refractivity contribution in [1.29, 1.82) is 0 Å². The fraction of sp³-hybridized carbons (Fsp3) is 0.452. The van der Waals surface area contributed by atoms with Crippen LogP contribution in [-0.4, -0.2) is 102 Å². The van der Waals surface area contributed by atoms with E-state index in [9.17, 15) is 4.57 Å². The average Bonchev–Trinajstić information content (AvgIpc) is 3.47. The van der Waals surface area contributed by atoms with Crippen LogP contribution >= 0.6 is 23.1 Å². The minimum Gasteiger partial charge on any atom is -0.494 e. The molecule has 0 saturated carbocycles. The fourth-order valence-electron chi connectivity index (χ4n) is 6.36. The summed E-state index contributed by atoms with van der Waals surface area (Å²) in [6.07, 6.45) is 7.60. The van der Waals surface area contributed by atoms with Crippen molar-refractivity contribution >= 4 is 62.7 Å². The number of anilines is 5. The second kappa shape index (κ2) is 12.7. The molecule has 13 heteroatoms. The molecule has 0 spiro atoms. The van der Waals surface area contributed by atoms with E-state index in [0.717, 1.165) is 48.4 Å². The van der Waals surface area contributed by atoms with Crippen LogP contribution in [0.4, 0.5) is 28.8 Å². The van der Waals surface area contributed by atoms with Crippen LogP contribution in [0.5, 0.6) is 5.75 Å². The van der Waals surface area contributed by atoms with Crippen molar-refractivity contribution in [2.45, 2.75) is 25.8 Å². The number of benzene rings is 1. The highest BCUT2D eigenvalue weighted by Gasteiger charge is 2.28. The van der Waals surface area contributed by atoms with Gasteiger partial charge in [0.2, 0.25) is 5.95 Å². The van der Waals surface area contributed by atoms with Crippen molar-refractivity contribution in [2.75, 3.05) is 82.3 Å². The first-order valence-corrected chi connectivity index (χ1v) is 18.4. The lowest BCUT2D eigenvalue weighted by Crippen LogP contribution is -2.52. The first-order valence-electron chi connectivity index (χ1n) is 15.1. The van der Waals surface area contributed by atoms with Crippen LogP contribution in [0.2, 0.25) is 0 Å². The number of piperidine rings is 1. The number of rotatable bonds is 8. The molecule has 2 aliphatic rings. The van der Waals surface area contributed by atoms with Gasteiger partial charge in [-0.25, -0.2) is 9.50 Å². The highest BCUT2D eigenvalue weighted by molar-refractivity contribution is 9.10. The van der Waals surface area contributed by atoms with Crippen LogP contribution < -0.4 is 25.6 Å². The zero-order chi connectivity index (χ0) is 31.0. The lowest BCUT2D eigenvalue weighted by molar-refractivity contribution is 0.0982. The second-order valence-electron chi connectivity index (χ2n) is 12.1. The average molecular weight is 683 g/mol. The molecule has 11 nitrogen and oxygen atoms in total. The molecule has 4 aromatic rings. The Morgan fingerprint density at radius 2 is 1.77 bits per heavy atom. The third kappa shape index (κ3) is 6.44. The van der Waals surface area contributed by atoms with Gasteiger partial charge in [-0.1, -0.05) is 0 Å². The zero-order valence-corrected chi connectivity index (χ0v) is 28.5. The third-order valence-corrected chi connectivity index (χ3v) is 10.8. The van der Waals surface area contributed by atoms with E-state index >= 15 is 0 Å². The Labute approximate surface area is 267 Å². The number of fused-ring (bicyclic) bond motifs is 1. The van der Waals surface area contributed by atoms with Gasteiger partial charge in [0.25, 0.3) is 0 Å². The number of pyridine rings is 1. The van der Waals surface area contributed by atoms with Crippen LogP contribution in [-0.2, 0) is 4.57 Å². The quantitative estimate of drug-likeness (QED) is 0.243. The molecule has 44 heavy (non-hydrogen) atoms. The van der Waals surface area contributed by atoms with Crippen LogP contribution in [0.15, 0.2) is 47.3 Å². The molecule has 0 amide bonds. The summed E-state index contributed by atoms with van der Waals surface area (Å²) in [5.41, 5.74) is 4.68. The summed E-state index contributed by atoms with van der Waals surface area (Å²) in [6, 6.07) is 8.64. The Morgan fingerprint density at radius 1 is 1.02 bits per heavy atom. The molecule has 2 fully saturated rings. The molecule has 0 aliphatic carbocycles. The maximum Gasteiger partial charge on any atom is 0.229 e. The number of hydrogen-bond donors (Lipinski definition) is 2. The van der Waals surface area contributed by atoms with E-state index in [2.05, 4.69) is 77.5 Å². The highest BCUT2D eigenvalue weighted by Crippen LogP contribution is 2.41. The normalized spacial score (nSPS) is 17.3. The van der Waals surface area contributed by atoms with Crippen LogP contribution in [0, 0.1) is 6.92 Å². The van der Waals surface area contributed by atoms with E-state index in [-0.39, 0.29) is 0 Å². The molecule has 2 N–H and O–H groups in total. The Bertz CT molecular complexity index is 1690. The number of halogens is 1. The van der Waals surface area contributed by atoms with E-state index in [1.807, 2.05) is 18.3 Å². The van der Waals surface area contributed by atoms with E-state index in [1.165, 1.54) is 37.2 Å². The maximum atomic E-state index is 13.3. The van der Waals surface area contributed by atoms with Crippen LogP contribution in [0.25, 0.3) is 5.52 Å². The number of nitrogens with one attached hydrogen (secondary N) is 2. The van der Waals surface area contributed by atoms with E-state index in [1.54, 1.807) is 37.3 Å². The van der Waals surface area contributed by atoms with Gasteiger partial charge in [0.05, 0.1) is 40.0 Å². The standard InChI is InChI=1S/C31H41BrN9O2P/c1-21-18-25(28(43-3)19-27(21)40-11-7-22(8-12-40)39-16-14-38(2)15-17-39)36-31-33-20-23(32)30(37-31)35-24-9-13-41-26(6-10-34-41)29(24)44(4,5)42/h6,9-10,13,18-20,22H,7-8,11-12,14-17H2,1-5H3,(H2,33,35,36,37). The molecule has 5 heterocycles. The predicted molar refractivity (Wildman–Crippen MR) is 183 cm³/mol. The molecule has 1 aromatic carbocycles. The zero-order valence-electron chi connectivity index (χ0n) is 26.0. The summed E-state index contributed by atoms with van der Waals surface area (Å²) in [6.45, 7) is 12.4. The maximum absolute atomic E-state index is 13.3. The highest BCUT2D eigenvalue weighted by atomic mass is 79.9. The molecule has 0 bridgehead atoms. The minimum absolute atomic E-state index is 0.414. The largest absolute Gasteiger partial charge is 0.494 e. The van der Waals surface area contributed by atoms with Gasteiger partial charge in [-0.15, -0.1) is 0 Å². The molecule has 0 radical (unpaired) electrons. The molecular formula is C31H41BrN9O2P. The minimum atomic E-state index is -2.66. The summed E-state index contributed by atoms with van der Waals surface area (Å²) in [7, 11) is 1.25. The van der Waals surface area contributed by atoms with E-state index < -0.39 is 7.14 Å². The van der Waals surface area contributed by atoms with Crippen molar-refractivity contribution in [3.63, 3.8) is 0 Å². The van der Waals surface area contributed by atoms with Gasteiger partial charge in [-0.3, -0.25) is 4.90 Å². The van der Waals surface area contributed by atoms with Crippen molar-refractivity contribution < 1.29 is 9.30 Å². The van der Waals surface area contributed by atoms with Gasteiger partial charge in [0.1, 0.15) is 18.7 Å². The topological polar surface area (TPSA) is 103 Å². The number of piperazine rings is 1. The molecular weight excluding hydrogens is 641 g/mol. The smallest absolute Gasteiger partial charge is 0.229 e. The van der Waals surface area contributed by atoms with E-state index in [4.69, 9.17) is 9.72 Å². The predicted octanol–water partition coefficient (Wildman–Crippen LogP) is 5.16. The first-order chi connectivity index (χ1) is 21.1. The number of ether oxygens (including phenoxy) is 1.